The maximum absolute atomic E-state index is 12.3. The number of amides is 1. The molecule has 1 amide bonds. The van der Waals surface area contributed by atoms with Crippen LogP contribution in [0.5, 0.6) is 0 Å². The molecule has 0 radical (unpaired) electrons. The standard InChI is InChI=1S/C16H22N2O3/c1-20-14-11-16(21-12-14)5-8-18(9-6-16)15(19)10-13-4-2-3-7-17-13/h2-4,7,14H,5-6,8-12H2,1H3/t14-/m1/s1. The van der Waals surface area contributed by atoms with Crippen molar-refractivity contribution in [3.8, 4) is 0 Å². The highest BCUT2D eigenvalue weighted by Crippen LogP contribution is 2.36. The van der Waals surface area contributed by atoms with Gasteiger partial charge in [0.1, 0.15) is 0 Å². The third-order valence-corrected chi connectivity index (χ3v) is 4.59. The van der Waals surface area contributed by atoms with Gasteiger partial charge in [-0.3, -0.25) is 9.78 Å². The highest BCUT2D eigenvalue weighted by molar-refractivity contribution is 5.78. The van der Waals surface area contributed by atoms with Gasteiger partial charge < -0.3 is 14.4 Å². The first-order valence-corrected chi connectivity index (χ1v) is 7.55. The van der Waals surface area contributed by atoms with Crippen LogP contribution in [0.1, 0.15) is 25.0 Å². The molecule has 1 atom stereocenters. The van der Waals surface area contributed by atoms with Gasteiger partial charge in [-0.1, -0.05) is 6.07 Å². The zero-order valence-electron chi connectivity index (χ0n) is 12.5. The lowest BCUT2D eigenvalue weighted by molar-refractivity contribution is -0.135. The van der Waals surface area contributed by atoms with E-state index in [1.54, 1.807) is 13.3 Å². The minimum atomic E-state index is -0.0670. The van der Waals surface area contributed by atoms with Crippen LogP contribution in [0, 0.1) is 0 Å². The molecule has 114 valence electrons. The number of piperidine rings is 1. The SMILES string of the molecule is CO[C@H]1COC2(CCN(C(=O)Cc3ccccn3)CC2)C1. The summed E-state index contributed by atoms with van der Waals surface area (Å²) in [7, 11) is 1.73. The second-order valence-corrected chi connectivity index (χ2v) is 5.93. The van der Waals surface area contributed by atoms with Crippen molar-refractivity contribution in [2.24, 2.45) is 0 Å². The minimum Gasteiger partial charge on any atom is -0.379 e. The van der Waals surface area contributed by atoms with Crippen LogP contribution in [0.15, 0.2) is 24.4 Å². The molecule has 1 aromatic heterocycles. The van der Waals surface area contributed by atoms with E-state index in [-0.39, 0.29) is 17.6 Å². The monoisotopic (exact) mass is 290 g/mol. The second kappa shape index (κ2) is 6.12. The molecule has 2 saturated heterocycles. The van der Waals surface area contributed by atoms with Crippen molar-refractivity contribution < 1.29 is 14.3 Å². The van der Waals surface area contributed by atoms with Crippen LogP contribution < -0.4 is 0 Å². The maximum atomic E-state index is 12.3. The van der Waals surface area contributed by atoms with Gasteiger partial charge in [-0.25, -0.2) is 0 Å². The van der Waals surface area contributed by atoms with E-state index < -0.39 is 0 Å². The Kier molecular flexibility index (Phi) is 4.22. The molecule has 1 spiro atoms. The van der Waals surface area contributed by atoms with Gasteiger partial charge in [-0.05, 0) is 25.0 Å². The number of carbonyl (C=O) groups is 1. The van der Waals surface area contributed by atoms with E-state index in [1.807, 2.05) is 23.1 Å². The summed E-state index contributed by atoms with van der Waals surface area (Å²) in [5.41, 5.74) is 0.766. The molecule has 0 aliphatic carbocycles. The van der Waals surface area contributed by atoms with Crippen LogP contribution >= 0.6 is 0 Å². The molecule has 3 rings (SSSR count). The lowest BCUT2D eigenvalue weighted by atomic mass is 9.88. The van der Waals surface area contributed by atoms with Gasteiger partial charge in [-0.15, -0.1) is 0 Å². The van der Waals surface area contributed by atoms with Gasteiger partial charge in [0.15, 0.2) is 0 Å². The Morgan fingerprint density at radius 2 is 2.29 bits per heavy atom. The van der Waals surface area contributed by atoms with Crippen molar-refractivity contribution in [3.05, 3.63) is 30.1 Å². The van der Waals surface area contributed by atoms with Gasteiger partial charge >= 0.3 is 0 Å². The summed E-state index contributed by atoms with van der Waals surface area (Å²) in [4.78, 5) is 18.5. The van der Waals surface area contributed by atoms with Crippen molar-refractivity contribution in [2.45, 2.75) is 37.4 Å². The Hall–Kier alpha value is -1.46. The molecule has 21 heavy (non-hydrogen) atoms. The first-order valence-electron chi connectivity index (χ1n) is 7.55. The number of likely N-dealkylation sites (tertiary alicyclic amines) is 1. The highest BCUT2D eigenvalue weighted by Gasteiger charge is 2.43. The quantitative estimate of drug-likeness (QED) is 0.845. The zero-order valence-corrected chi connectivity index (χ0v) is 12.5. The molecule has 2 fully saturated rings. The summed E-state index contributed by atoms with van der Waals surface area (Å²) in [6, 6.07) is 5.67. The topological polar surface area (TPSA) is 51.7 Å². The second-order valence-electron chi connectivity index (χ2n) is 5.93. The fourth-order valence-electron chi connectivity index (χ4n) is 3.24. The first-order chi connectivity index (χ1) is 10.2. The lowest BCUT2D eigenvalue weighted by Crippen LogP contribution is -2.47. The van der Waals surface area contributed by atoms with E-state index in [4.69, 9.17) is 9.47 Å². The lowest BCUT2D eigenvalue weighted by Gasteiger charge is -2.38. The largest absolute Gasteiger partial charge is 0.379 e. The predicted octanol–water partition coefficient (Wildman–Crippen LogP) is 1.42. The fraction of sp³-hybridized carbons (Fsp3) is 0.625. The zero-order chi connectivity index (χ0) is 14.7. The highest BCUT2D eigenvalue weighted by atomic mass is 16.6. The van der Waals surface area contributed by atoms with Crippen LogP contribution in [0.3, 0.4) is 0 Å². The normalized spacial score (nSPS) is 24.4. The molecule has 3 heterocycles. The first kappa shape index (κ1) is 14.5. The predicted molar refractivity (Wildman–Crippen MR) is 77.9 cm³/mol. The summed E-state index contributed by atoms with van der Waals surface area (Å²) < 4.78 is 11.3. The number of carbonyl (C=O) groups excluding carboxylic acids is 1. The molecule has 5 nitrogen and oxygen atoms in total. The van der Waals surface area contributed by atoms with Crippen molar-refractivity contribution >= 4 is 5.91 Å². The van der Waals surface area contributed by atoms with Crippen molar-refractivity contribution in [1.29, 1.82) is 0 Å². The van der Waals surface area contributed by atoms with E-state index in [0.29, 0.717) is 13.0 Å². The summed E-state index contributed by atoms with van der Waals surface area (Å²) >= 11 is 0. The Labute approximate surface area is 125 Å². The van der Waals surface area contributed by atoms with Crippen molar-refractivity contribution in [2.75, 3.05) is 26.8 Å². The van der Waals surface area contributed by atoms with Gasteiger partial charge in [0.2, 0.25) is 5.91 Å². The molecule has 2 aliphatic heterocycles. The van der Waals surface area contributed by atoms with Crippen molar-refractivity contribution in [3.63, 3.8) is 0 Å². The fourth-order valence-corrected chi connectivity index (χ4v) is 3.24. The smallest absolute Gasteiger partial charge is 0.228 e. The van der Waals surface area contributed by atoms with E-state index in [2.05, 4.69) is 4.98 Å². The summed E-state index contributed by atoms with van der Waals surface area (Å²) in [6.45, 7) is 2.21. The van der Waals surface area contributed by atoms with Gasteiger partial charge in [0, 0.05) is 38.5 Å². The van der Waals surface area contributed by atoms with Crippen LogP contribution in [0.25, 0.3) is 0 Å². The summed E-state index contributed by atoms with van der Waals surface area (Å²) in [5.74, 6) is 0.157. The Morgan fingerprint density at radius 1 is 1.48 bits per heavy atom. The molecule has 0 saturated carbocycles. The molecular weight excluding hydrogens is 268 g/mol. The number of hydrogen-bond donors (Lipinski definition) is 0. The number of hydrogen-bond acceptors (Lipinski definition) is 4. The van der Waals surface area contributed by atoms with Crippen LogP contribution in [-0.2, 0) is 20.7 Å². The third-order valence-electron chi connectivity index (χ3n) is 4.59. The summed E-state index contributed by atoms with van der Waals surface area (Å²) in [6.07, 6.45) is 5.08. The number of nitrogens with zero attached hydrogens (tertiary/aromatic N) is 2. The van der Waals surface area contributed by atoms with Gasteiger partial charge in [0.05, 0.1) is 24.7 Å². The average Bonchev–Trinajstić information content (AvgIpc) is 2.92. The number of ether oxygens (including phenoxy) is 2. The van der Waals surface area contributed by atoms with Gasteiger partial charge in [-0.2, -0.15) is 0 Å². The molecule has 0 bridgehead atoms. The Bertz CT molecular complexity index is 484. The van der Waals surface area contributed by atoms with Crippen LogP contribution in [0.4, 0.5) is 0 Å². The van der Waals surface area contributed by atoms with E-state index in [9.17, 15) is 4.79 Å². The molecular formula is C16H22N2O3. The van der Waals surface area contributed by atoms with E-state index >= 15 is 0 Å². The van der Waals surface area contributed by atoms with Crippen LogP contribution in [-0.4, -0.2) is 54.3 Å². The molecule has 0 N–H and O–H groups in total. The Balaban J connectivity index is 1.53. The Morgan fingerprint density at radius 3 is 2.90 bits per heavy atom. The third kappa shape index (κ3) is 3.24. The minimum absolute atomic E-state index is 0.0670. The number of aromatic nitrogens is 1. The molecule has 0 unspecified atom stereocenters. The molecule has 2 aliphatic rings. The summed E-state index contributed by atoms with van der Waals surface area (Å²) in [5, 5.41) is 0. The van der Waals surface area contributed by atoms with E-state index in [0.717, 1.165) is 38.0 Å². The molecule has 5 heteroatoms. The van der Waals surface area contributed by atoms with Gasteiger partial charge in [0.25, 0.3) is 0 Å². The van der Waals surface area contributed by atoms with E-state index in [1.165, 1.54) is 0 Å². The number of rotatable bonds is 3. The average molecular weight is 290 g/mol. The van der Waals surface area contributed by atoms with Crippen molar-refractivity contribution in [1.82, 2.24) is 9.88 Å². The molecule has 0 aromatic carbocycles. The number of pyridine rings is 1. The molecule has 1 aromatic rings. The van der Waals surface area contributed by atoms with Crippen LogP contribution in [0.2, 0.25) is 0 Å². The maximum Gasteiger partial charge on any atom is 0.228 e. The number of methoxy groups -OCH3 is 1.